The van der Waals surface area contributed by atoms with Crippen LogP contribution < -0.4 is 0 Å². The molecule has 0 fully saturated rings. The summed E-state index contributed by atoms with van der Waals surface area (Å²) in [6, 6.07) is 0. The van der Waals surface area contributed by atoms with E-state index in [1.165, 1.54) is 0 Å². The number of rotatable bonds is 0. The van der Waals surface area contributed by atoms with Crippen LogP contribution in [-0.2, 0) is 27.3 Å². The van der Waals surface area contributed by atoms with Crippen LogP contribution in [0.2, 0.25) is 0 Å². The van der Waals surface area contributed by atoms with Crippen molar-refractivity contribution in [1.82, 2.24) is 0 Å². The van der Waals surface area contributed by atoms with E-state index in [0.717, 1.165) is 12.8 Å². The summed E-state index contributed by atoms with van der Waals surface area (Å²) < 4.78 is 0. The molecule has 40 valence electrons. The zero-order valence-corrected chi connectivity index (χ0v) is 9.57. The summed E-state index contributed by atoms with van der Waals surface area (Å²) >= 11 is 0. The van der Waals surface area contributed by atoms with Gasteiger partial charge < -0.3 is 13.8 Å². The summed E-state index contributed by atoms with van der Waals surface area (Å²) in [6.07, 6.45) is 2.00. The van der Waals surface area contributed by atoms with Crippen LogP contribution in [0.5, 0.6) is 0 Å². The van der Waals surface area contributed by atoms with Crippen molar-refractivity contribution in [3.63, 3.8) is 0 Å². The number of hydrogen-bond acceptors (Lipinski definition) is 0. The quantitative estimate of drug-likeness (QED) is 0.414. The van der Waals surface area contributed by atoms with E-state index in [1.54, 1.807) is 0 Å². The van der Waals surface area contributed by atoms with Crippen molar-refractivity contribution < 1.29 is 27.3 Å². The maximum Gasteiger partial charge on any atom is 2.00 e. The molecular formula is C6H14Cd. The van der Waals surface area contributed by atoms with Gasteiger partial charge in [0.2, 0.25) is 0 Å². The second-order valence-corrected chi connectivity index (χ2v) is 1.000. The van der Waals surface area contributed by atoms with E-state index in [2.05, 4.69) is 13.8 Å². The molecule has 0 aromatic heterocycles. The van der Waals surface area contributed by atoms with E-state index in [1.807, 2.05) is 13.8 Å². The first kappa shape index (κ1) is 15.7. The molecule has 0 aromatic rings. The molecule has 0 rings (SSSR count). The van der Waals surface area contributed by atoms with E-state index in [9.17, 15) is 0 Å². The van der Waals surface area contributed by atoms with Gasteiger partial charge in [-0.3, -0.25) is 0 Å². The molecule has 7 heavy (non-hydrogen) atoms. The third kappa shape index (κ3) is 197. The Balaban J connectivity index is -0.0000000400. The molecule has 0 saturated carbocycles. The van der Waals surface area contributed by atoms with E-state index < -0.39 is 0 Å². The fourth-order valence-corrected chi connectivity index (χ4v) is 0. The third-order valence-corrected chi connectivity index (χ3v) is 0. The standard InChI is InChI=1S/2C3H7.Cd/c2*1-3-2;/h2*1,3H2,2H3;/q2*-1;+2. The van der Waals surface area contributed by atoms with Crippen molar-refractivity contribution in [2.45, 2.75) is 26.7 Å². The molecule has 0 saturated heterocycles. The van der Waals surface area contributed by atoms with Crippen LogP contribution in [0.15, 0.2) is 0 Å². The van der Waals surface area contributed by atoms with Crippen LogP contribution in [-0.4, -0.2) is 0 Å². The smallest absolute Gasteiger partial charge is 0.344 e. The predicted octanol–water partition coefficient (Wildman–Crippen LogP) is 2.46. The predicted molar refractivity (Wildman–Crippen MR) is 31.3 cm³/mol. The molecule has 0 aliphatic heterocycles. The zero-order valence-electron chi connectivity index (χ0n) is 5.54. The Morgan fingerprint density at radius 2 is 1.00 bits per heavy atom. The Bertz CT molecular complexity index is 6.14. The first-order chi connectivity index (χ1) is 2.83. The van der Waals surface area contributed by atoms with Crippen LogP contribution in [0.1, 0.15) is 26.7 Å². The van der Waals surface area contributed by atoms with Crippen molar-refractivity contribution in [3.05, 3.63) is 13.8 Å². The summed E-state index contributed by atoms with van der Waals surface area (Å²) in [4.78, 5) is 0. The Kier molecular flexibility index (Phi) is 63.6. The van der Waals surface area contributed by atoms with Gasteiger partial charge in [-0.15, -0.1) is 0 Å². The fraction of sp³-hybridized carbons (Fsp3) is 0.667. The Morgan fingerprint density at radius 1 is 1.00 bits per heavy atom. The van der Waals surface area contributed by atoms with Gasteiger partial charge in [0.25, 0.3) is 0 Å². The van der Waals surface area contributed by atoms with Gasteiger partial charge in [-0.25, -0.2) is 0 Å². The molecule has 0 N–H and O–H groups in total. The molecule has 0 aliphatic rings. The van der Waals surface area contributed by atoms with Gasteiger partial charge in [0.05, 0.1) is 0 Å². The third-order valence-electron chi connectivity index (χ3n) is 0. The molecule has 0 aromatic carbocycles. The van der Waals surface area contributed by atoms with Crippen LogP contribution in [0, 0.1) is 13.8 Å². The van der Waals surface area contributed by atoms with E-state index in [-0.39, 0.29) is 27.3 Å². The monoisotopic (exact) mass is 200 g/mol. The van der Waals surface area contributed by atoms with Gasteiger partial charge in [-0.05, 0) is 0 Å². The average molecular weight is 199 g/mol. The van der Waals surface area contributed by atoms with Gasteiger partial charge >= 0.3 is 27.3 Å². The summed E-state index contributed by atoms with van der Waals surface area (Å²) in [5.74, 6) is 0. The maximum absolute atomic E-state index is 3.49. The van der Waals surface area contributed by atoms with E-state index in [0.29, 0.717) is 0 Å². The van der Waals surface area contributed by atoms with Gasteiger partial charge in [0.1, 0.15) is 0 Å². The van der Waals surface area contributed by atoms with Crippen molar-refractivity contribution in [1.29, 1.82) is 0 Å². The first-order valence-electron chi connectivity index (χ1n) is 2.41. The van der Waals surface area contributed by atoms with Gasteiger partial charge in [0.15, 0.2) is 0 Å². The minimum absolute atomic E-state index is 0. The summed E-state index contributed by atoms with van der Waals surface area (Å²) in [5.41, 5.74) is 0. The molecule has 0 heterocycles. The largest absolute Gasteiger partial charge is 2.00 e. The Labute approximate surface area is 67.9 Å². The molecule has 0 bridgehead atoms. The van der Waals surface area contributed by atoms with Gasteiger partial charge in [-0.2, -0.15) is 12.8 Å². The summed E-state index contributed by atoms with van der Waals surface area (Å²) in [7, 11) is 0. The molecular weight excluding hydrogens is 184 g/mol. The Morgan fingerprint density at radius 3 is 1.00 bits per heavy atom. The molecule has 0 nitrogen and oxygen atoms in total. The van der Waals surface area contributed by atoms with Crippen LogP contribution in [0.4, 0.5) is 0 Å². The molecule has 0 amide bonds. The molecule has 0 aliphatic carbocycles. The molecule has 0 radical (unpaired) electrons. The van der Waals surface area contributed by atoms with Crippen molar-refractivity contribution in [2.75, 3.05) is 0 Å². The average Bonchev–Trinajstić information content (AvgIpc) is 1.39. The van der Waals surface area contributed by atoms with E-state index >= 15 is 0 Å². The second kappa shape index (κ2) is 28.4. The van der Waals surface area contributed by atoms with Crippen molar-refractivity contribution >= 4 is 0 Å². The van der Waals surface area contributed by atoms with Crippen LogP contribution in [0.3, 0.4) is 0 Å². The van der Waals surface area contributed by atoms with Crippen molar-refractivity contribution in [2.24, 2.45) is 0 Å². The summed E-state index contributed by atoms with van der Waals surface area (Å²) in [5, 5.41) is 0. The molecule has 1 heteroatoms. The minimum Gasteiger partial charge on any atom is -0.344 e. The van der Waals surface area contributed by atoms with Gasteiger partial charge in [-0.1, -0.05) is 13.8 Å². The zero-order chi connectivity index (χ0) is 5.41. The SMILES string of the molecule is [CH2-]CC.[CH2-]CC.[Cd+2]. The van der Waals surface area contributed by atoms with Crippen molar-refractivity contribution in [3.8, 4) is 0 Å². The van der Waals surface area contributed by atoms with Crippen LogP contribution >= 0.6 is 0 Å². The first-order valence-corrected chi connectivity index (χ1v) is 2.41. The minimum atomic E-state index is 0. The molecule has 0 unspecified atom stereocenters. The normalized spacial score (nSPS) is 5.14. The topological polar surface area (TPSA) is 0 Å². The Hall–Kier alpha value is 0.922. The van der Waals surface area contributed by atoms with Gasteiger partial charge in [0, 0.05) is 0 Å². The van der Waals surface area contributed by atoms with E-state index in [4.69, 9.17) is 0 Å². The second-order valence-electron chi connectivity index (χ2n) is 1.000. The fourth-order valence-electron chi connectivity index (χ4n) is 0. The maximum atomic E-state index is 3.49. The molecule has 0 atom stereocenters. The number of hydrogen-bond donors (Lipinski definition) is 0. The summed E-state index contributed by atoms with van der Waals surface area (Å²) in [6.45, 7) is 11.0. The molecule has 0 spiro atoms. The van der Waals surface area contributed by atoms with Crippen LogP contribution in [0.25, 0.3) is 0 Å².